The number of nitrogens with zero attached hydrogens (tertiary/aromatic N) is 1. The van der Waals surface area contributed by atoms with Crippen molar-refractivity contribution < 1.29 is 0 Å². The molecule has 0 aliphatic carbocycles. The summed E-state index contributed by atoms with van der Waals surface area (Å²) in [5.41, 5.74) is 1.23. The van der Waals surface area contributed by atoms with E-state index in [-0.39, 0.29) is 0 Å². The number of nitrogens with one attached hydrogen (secondary N) is 1. The number of benzene rings is 1. The molecule has 1 aromatic rings. The van der Waals surface area contributed by atoms with Crippen molar-refractivity contribution in [2.45, 2.75) is 0 Å². The van der Waals surface area contributed by atoms with Gasteiger partial charge in [-0.25, -0.2) is 0 Å². The highest BCUT2D eigenvalue weighted by Gasteiger charge is 1.97. The molecule has 0 saturated carbocycles. The lowest BCUT2D eigenvalue weighted by atomic mass is 10.3. The predicted molar refractivity (Wildman–Crippen MR) is 61.4 cm³/mol. The zero-order chi connectivity index (χ0) is 10.2. The maximum atomic E-state index is 5.13. The molecule has 0 atom stereocenters. The molecule has 0 fully saturated rings. The lowest BCUT2D eigenvalue weighted by Crippen LogP contribution is -2.29. The summed E-state index contributed by atoms with van der Waals surface area (Å²) in [6.07, 6.45) is 5.13. The summed E-state index contributed by atoms with van der Waals surface area (Å²) in [5, 5.41) is 3.16. The van der Waals surface area contributed by atoms with Crippen LogP contribution in [0.25, 0.3) is 0 Å². The highest BCUT2D eigenvalue weighted by atomic mass is 15.1. The van der Waals surface area contributed by atoms with Gasteiger partial charge in [-0.3, -0.25) is 0 Å². The van der Waals surface area contributed by atoms with Gasteiger partial charge in [-0.05, 0) is 12.1 Å². The van der Waals surface area contributed by atoms with Crippen LogP contribution in [-0.2, 0) is 0 Å². The fourth-order valence-corrected chi connectivity index (χ4v) is 1.22. The van der Waals surface area contributed by atoms with Gasteiger partial charge in [0.1, 0.15) is 0 Å². The third-order valence-electron chi connectivity index (χ3n) is 2.05. The number of para-hydroxylation sites is 1. The maximum absolute atomic E-state index is 5.13. The van der Waals surface area contributed by atoms with Gasteiger partial charge in [0, 0.05) is 25.8 Å². The summed E-state index contributed by atoms with van der Waals surface area (Å²) in [6.45, 7) is 2.52. The van der Waals surface area contributed by atoms with E-state index in [1.807, 2.05) is 18.2 Å². The van der Waals surface area contributed by atoms with Crippen LogP contribution in [0.3, 0.4) is 0 Å². The molecule has 14 heavy (non-hydrogen) atoms. The molecule has 1 rings (SSSR count). The third kappa shape index (κ3) is 3.51. The van der Waals surface area contributed by atoms with E-state index in [1.165, 1.54) is 5.69 Å². The number of rotatable bonds is 5. The van der Waals surface area contributed by atoms with Gasteiger partial charge in [0.15, 0.2) is 0 Å². The predicted octanol–water partition coefficient (Wildman–Crippen LogP) is 1.35. The summed E-state index contributed by atoms with van der Waals surface area (Å²) < 4.78 is 0. The SMILES string of the molecule is C#CCNCCN(C)c1ccccc1. The molecule has 0 saturated heterocycles. The van der Waals surface area contributed by atoms with E-state index in [0.717, 1.165) is 13.1 Å². The first-order valence-electron chi connectivity index (χ1n) is 4.75. The van der Waals surface area contributed by atoms with E-state index >= 15 is 0 Å². The van der Waals surface area contributed by atoms with Gasteiger partial charge in [-0.2, -0.15) is 0 Å². The summed E-state index contributed by atoms with van der Waals surface area (Å²) in [6, 6.07) is 10.3. The van der Waals surface area contributed by atoms with Crippen molar-refractivity contribution in [3.05, 3.63) is 30.3 Å². The van der Waals surface area contributed by atoms with E-state index in [9.17, 15) is 0 Å². The first kappa shape index (κ1) is 10.6. The number of terminal acetylenes is 1. The van der Waals surface area contributed by atoms with Crippen molar-refractivity contribution in [3.63, 3.8) is 0 Å². The molecule has 2 heteroatoms. The van der Waals surface area contributed by atoms with E-state index in [4.69, 9.17) is 6.42 Å². The molecule has 0 unspecified atom stereocenters. The Morgan fingerprint density at radius 3 is 2.71 bits per heavy atom. The van der Waals surface area contributed by atoms with Crippen LogP contribution in [0.2, 0.25) is 0 Å². The van der Waals surface area contributed by atoms with Crippen molar-refractivity contribution in [3.8, 4) is 12.3 Å². The topological polar surface area (TPSA) is 15.3 Å². The van der Waals surface area contributed by atoms with Crippen molar-refractivity contribution in [2.75, 3.05) is 31.6 Å². The molecule has 0 heterocycles. The lowest BCUT2D eigenvalue weighted by molar-refractivity contribution is 0.737. The monoisotopic (exact) mass is 188 g/mol. The van der Waals surface area contributed by atoms with Crippen LogP contribution in [-0.4, -0.2) is 26.7 Å². The van der Waals surface area contributed by atoms with Gasteiger partial charge >= 0.3 is 0 Å². The van der Waals surface area contributed by atoms with Gasteiger partial charge in [0.05, 0.1) is 6.54 Å². The molecule has 0 aromatic heterocycles. The average Bonchev–Trinajstić information content (AvgIpc) is 2.25. The summed E-state index contributed by atoms with van der Waals surface area (Å²) >= 11 is 0. The second-order valence-corrected chi connectivity index (χ2v) is 3.14. The fourth-order valence-electron chi connectivity index (χ4n) is 1.22. The Hall–Kier alpha value is -1.46. The standard InChI is InChI=1S/C12H16N2/c1-3-9-13-10-11-14(2)12-7-5-4-6-8-12/h1,4-8,13H,9-11H2,2H3. The number of hydrogen-bond acceptors (Lipinski definition) is 2. The molecule has 0 radical (unpaired) electrons. The van der Waals surface area contributed by atoms with Crippen molar-refractivity contribution in [1.29, 1.82) is 0 Å². The van der Waals surface area contributed by atoms with Gasteiger partial charge in [0.25, 0.3) is 0 Å². The largest absolute Gasteiger partial charge is 0.373 e. The first-order chi connectivity index (χ1) is 6.84. The first-order valence-corrected chi connectivity index (χ1v) is 4.75. The summed E-state index contributed by atoms with van der Waals surface area (Å²) in [4.78, 5) is 2.20. The van der Waals surface area contributed by atoms with Crippen molar-refractivity contribution >= 4 is 5.69 Å². The molecule has 0 spiro atoms. The Morgan fingerprint density at radius 2 is 2.07 bits per heavy atom. The zero-order valence-corrected chi connectivity index (χ0v) is 8.53. The van der Waals surface area contributed by atoms with Crippen LogP contribution in [0, 0.1) is 12.3 Å². The van der Waals surface area contributed by atoms with E-state index < -0.39 is 0 Å². The summed E-state index contributed by atoms with van der Waals surface area (Å²) in [5.74, 6) is 2.55. The minimum Gasteiger partial charge on any atom is -0.373 e. The van der Waals surface area contributed by atoms with Crippen LogP contribution in [0.15, 0.2) is 30.3 Å². The molecule has 2 nitrogen and oxygen atoms in total. The lowest BCUT2D eigenvalue weighted by Gasteiger charge is -2.18. The van der Waals surface area contributed by atoms with Crippen LogP contribution in [0.1, 0.15) is 0 Å². The Morgan fingerprint density at radius 1 is 1.36 bits per heavy atom. The van der Waals surface area contributed by atoms with Crippen LogP contribution < -0.4 is 10.2 Å². The van der Waals surface area contributed by atoms with Gasteiger partial charge < -0.3 is 10.2 Å². The molecule has 1 N–H and O–H groups in total. The Labute approximate surface area is 85.9 Å². The quantitative estimate of drug-likeness (QED) is 0.554. The highest BCUT2D eigenvalue weighted by Crippen LogP contribution is 2.09. The normalized spacial score (nSPS) is 9.43. The zero-order valence-electron chi connectivity index (χ0n) is 8.53. The Balaban J connectivity index is 2.29. The van der Waals surface area contributed by atoms with E-state index in [1.54, 1.807) is 0 Å². The minimum atomic E-state index is 0.641. The molecule has 0 bridgehead atoms. The molecule has 0 amide bonds. The van der Waals surface area contributed by atoms with Crippen LogP contribution in [0.4, 0.5) is 5.69 Å². The van der Waals surface area contributed by atoms with Gasteiger partial charge in [-0.1, -0.05) is 24.1 Å². The molecular formula is C12H16N2. The highest BCUT2D eigenvalue weighted by molar-refractivity contribution is 5.44. The molecular weight excluding hydrogens is 172 g/mol. The summed E-state index contributed by atoms with van der Waals surface area (Å²) in [7, 11) is 2.08. The smallest absolute Gasteiger partial charge is 0.0574 e. The number of likely N-dealkylation sites (N-methyl/N-ethyl adjacent to an activating group) is 1. The fraction of sp³-hybridized carbons (Fsp3) is 0.333. The number of anilines is 1. The molecule has 0 aliphatic rings. The maximum Gasteiger partial charge on any atom is 0.0574 e. The van der Waals surface area contributed by atoms with E-state index in [2.05, 4.69) is 35.3 Å². The second kappa shape index (κ2) is 6.06. The molecule has 1 aromatic carbocycles. The average molecular weight is 188 g/mol. The molecule has 74 valence electrons. The Bertz CT molecular complexity index is 287. The van der Waals surface area contributed by atoms with Crippen LogP contribution in [0.5, 0.6) is 0 Å². The third-order valence-corrected chi connectivity index (χ3v) is 2.05. The van der Waals surface area contributed by atoms with Gasteiger partial charge in [0.2, 0.25) is 0 Å². The second-order valence-electron chi connectivity index (χ2n) is 3.14. The van der Waals surface area contributed by atoms with Crippen molar-refractivity contribution in [2.24, 2.45) is 0 Å². The number of hydrogen-bond donors (Lipinski definition) is 1. The van der Waals surface area contributed by atoms with E-state index in [0.29, 0.717) is 6.54 Å². The van der Waals surface area contributed by atoms with Crippen molar-refractivity contribution in [1.82, 2.24) is 5.32 Å². The van der Waals surface area contributed by atoms with Gasteiger partial charge in [-0.15, -0.1) is 6.42 Å². The Kier molecular flexibility index (Phi) is 4.60. The van der Waals surface area contributed by atoms with Crippen LogP contribution >= 0.6 is 0 Å². The minimum absolute atomic E-state index is 0.641. The molecule has 0 aliphatic heterocycles.